The minimum atomic E-state index is 0.707. The molecule has 3 nitrogen and oxygen atoms in total. The molecular weight excluding hydrogens is 234 g/mol. The van der Waals surface area contributed by atoms with Gasteiger partial charge in [0, 0.05) is 24.0 Å². The summed E-state index contributed by atoms with van der Waals surface area (Å²) in [6.07, 6.45) is 3.94. The summed E-state index contributed by atoms with van der Waals surface area (Å²) in [5.74, 6) is 0.972. The van der Waals surface area contributed by atoms with Crippen molar-refractivity contribution in [1.82, 2.24) is 9.97 Å². The molecule has 0 aliphatic carbocycles. The van der Waals surface area contributed by atoms with Gasteiger partial charge in [0.25, 0.3) is 0 Å². The highest BCUT2D eigenvalue weighted by atomic mass is 35.5. The van der Waals surface area contributed by atoms with Crippen LogP contribution in [-0.4, -0.2) is 23.6 Å². The van der Waals surface area contributed by atoms with Gasteiger partial charge in [-0.25, -0.2) is 9.97 Å². The molecule has 0 N–H and O–H groups in total. The van der Waals surface area contributed by atoms with Gasteiger partial charge in [0.05, 0.1) is 5.52 Å². The lowest BCUT2D eigenvalue weighted by molar-refractivity contribution is 0.761. The van der Waals surface area contributed by atoms with Gasteiger partial charge in [-0.1, -0.05) is 24.9 Å². The Balaban J connectivity index is 2.40. The Morgan fingerprint density at radius 1 is 1.29 bits per heavy atom. The summed E-state index contributed by atoms with van der Waals surface area (Å²) in [5.41, 5.74) is 0.894. The molecule has 2 rings (SSSR count). The Morgan fingerprint density at radius 3 is 2.88 bits per heavy atom. The van der Waals surface area contributed by atoms with E-state index in [2.05, 4.69) is 28.8 Å². The fourth-order valence-corrected chi connectivity index (χ4v) is 1.99. The SMILES string of the molecule is CCCCN(C)c1ncnc2cc(Cl)ccc12. The monoisotopic (exact) mass is 249 g/mol. The summed E-state index contributed by atoms with van der Waals surface area (Å²) in [4.78, 5) is 10.8. The number of unbranched alkanes of at least 4 members (excludes halogenated alkanes) is 1. The van der Waals surface area contributed by atoms with Crippen LogP contribution in [0.4, 0.5) is 5.82 Å². The van der Waals surface area contributed by atoms with Crippen molar-refractivity contribution in [2.75, 3.05) is 18.5 Å². The molecular formula is C13H16ClN3. The zero-order valence-electron chi connectivity index (χ0n) is 10.2. The normalized spacial score (nSPS) is 10.8. The Hall–Kier alpha value is -1.35. The van der Waals surface area contributed by atoms with E-state index < -0.39 is 0 Å². The van der Waals surface area contributed by atoms with Crippen LogP contribution in [0.1, 0.15) is 19.8 Å². The third-order valence-electron chi connectivity index (χ3n) is 2.79. The third kappa shape index (κ3) is 2.67. The van der Waals surface area contributed by atoms with E-state index in [0.717, 1.165) is 29.7 Å². The largest absolute Gasteiger partial charge is 0.359 e. The van der Waals surface area contributed by atoms with Gasteiger partial charge in [-0.2, -0.15) is 0 Å². The Kier molecular flexibility index (Phi) is 3.79. The van der Waals surface area contributed by atoms with Crippen molar-refractivity contribution in [3.05, 3.63) is 29.5 Å². The fraction of sp³-hybridized carbons (Fsp3) is 0.385. The van der Waals surface area contributed by atoms with Crippen LogP contribution in [0.2, 0.25) is 5.02 Å². The second-order valence-corrected chi connectivity index (χ2v) is 4.57. The molecule has 1 heterocycles. The molecule has 17 heavy (non-hydrogen) atoms. The number of halogens is 1. The maximum atomic E-state index is 5.96. The van der Waals surface area contributed by atoms with Gasteiger partial charge in [-0.05, 0) is 24.6 Å². The predicted octanol–water partition coefficient (Wildman–Crippen LogP) is 3.52. The predicted molar refractivity (Wildman–Crippen MR) is 72.7 cm³/mol. The smallest absolute Gasteiger partial charge is 0.139 e. The number of benzene rings is 1. The lowest BCUT2D eigenvalue weighted by Gasteiger charge is -2.19. The zero-order chi connectivity index (χ0) is 12.3. The van der Waals surface area contributed by atoms with E-state index in [1.165, 1.54) is 6.42 Å². The highest BCUT2D eigenvalue weighted by Crippen LogP contribution is 2.24. The van der Waals surface area contributed by atoms with Crippen LogP contribution in [-0.2, 0) is 0 Å². The lowest BCUT2D eigenvalue weighted by atomic mass is 10.2. The minimum Gasteiger partial charge on any atom is -0.359 e. The van der Waals surface area contributed by atoms with Crippen LogP contribution in [0.3, 0.4) is 0 Å². The molecule has 1 aromatic heterocycles. The number of aromatic nitrogens is 2. The van der Waals surface area contributed by atoms with E-state index in [1.54, 1.807) is 6.33 Å². The van der Waals surface area contributed by atoms with E-state index in [1.807, 2.05) is 18.2 Å². The van der Waals surface area contributed by atoms with Gasteiger partial charge in [0.2, 0.25) is 0 Å². The number of fused-ring (bicyclic) bond motifs is 1. The number of nitrogens with zero attached hydrogens (tertiary/aromatic N) is 3. The summed E-state index contributed by atoms with van der Waals surface area (Å²) >= 11 is 5.96. The topological polar surface area (TPSA) is 29.0 Å². The molecule has 0 saturated heterocycles. The molecule has 0 radical (unpaired) electrons. The van der Waals surface area contributed by atoms with Crippen molar-refractivity contribution in [3.8, 4) is 0 Å². The molecule has 0 spiro atoms. The van der Waals surface area contributed by atoms with Crippen LogP contribution >= 0.6 is 11.6 Å². The average Bonchev–Trinajstić information content (AvgIpc) is 2.34. The van der Waals surface area contributed by atoms with E-state index in [0.29, 0.717) is 5.02 Å². The highest BCUT2D eigenvalue weighted by molar-refractivity contribution is 6.31. The molecule has 0 bridgehead atoms. The Labute approximate surface area is 106 Å². The standard InChI is InChI=1S/C13H16ClN3/c1-3-4-7-17(2)13-11-6-5-10(14)8-12(11)15-9-16-13/h5-6,8-9H,3-4,7H2,1-2H3. The Morgan fingerprint density at radius 2 is 2.12 bits per heavy atom. The molecule has 0 unspecified atom stereocenters. The van der Waals surface area contributed by atoms with Gasteiger partial charge in [0.15, 0.2) is 0 Å². The van der Waals surface area contributed by atoms with E-state index >= 15 is 0 Å². The summed E-state index contributed by atoms with van der Waals surface area (Å²) < 4.78 is 0. The van der Waals surface area contributed by atoms with Crippen LogP contribution in [0, 0.1) is 0 Å². The first-order chi connectivity index (χ1) is 8.22. The molecule has 0 fully saturated rings. The van der Waals surface area contributed by atoms with Gasteiger partial charge < -0.3 is 4.90 Å². The Bertz CT molecular complexity index is 513. The third-order valence-corrected chi connectivity index (χ3v) is 3.02. The van der Waals surface area contributed by atoms with E-state index in [9.17, 15) is 0 Å². The summed E-state index contributed by atoms with van der Waals surface area (Å²) in [5, 5.41) is 1.76. The molecule has 1 aromatic carbocycles. The van der Waals surface area contributed by atoms with Crippen LogP contribution in [0.5, 0.6) is 0 Å². The van der Waals surface area contributed by atoms with Crippen molar-refractivity contribution in [3.63, 3.8) is 0 Å². The average molecular weight is 250 g/mol. The lowest BCUT2D eigenvalue weighted by Crippen LogP contribution is -2.19. The van der Waals surface area contributed by atoms with E-state index in [4.69, 9.17) is 11.6 Å². The van der Waals surface area contributed by atoms with Crippen molar-refractivity contribution in [2.45, 2.75) is 19.8 Å². The number of rotatable bonds is 4. The molecule has 0 atom stereocenters. The van der Waals surface area contributed by atoms with Gasteiger partial charge >= 0.3 is 0 Å². The highest BCUT2D eigenvalue weighted by Gasteiger charge is 2.08. The van der Waals surface area contributed by atoms with Crippen LogP contribution < -0.4 is 4.90 Å². The molecule has 90 valence electrons. The van der Waals surface area contributed by atoms with Crippen LogP contribution in [0.25, 0.3) is 10.9 Å². The van der Waals surface area contributed by atoms with Crippen LogP contribution in [0.15, 0.2) is 24.5 Å². The summed E-state index contributed by atoms with van der Waals surface area (Å²) in [6, 6.07) is 5.73. The molecule has 0 amide bonds. The minimum absolute atomic E-state index is 0.707. The molecule has 0 aliphatic rings. The first kappa shape index (κ1) is 12.1. The first-order valence-electron chi connectivity index (χ1n) is 5.83. The number of hydrogen-bond donors (Lipinski definition) is 0. The second kappa shape index (κ2) is 5.32. The molecule has 4 heteroatoms. The summed E-state index contributed by atoms with van der Waals surface area (Å²) in [7, 11) is 2.06. The fourth-order valence-electron chi connectivity index (χ4n) is 1.82. The molecule has 0 aliphatic heterocycles. The first-order valence-corrected chi connectivity index (χ1v) is 6.21. The van der Waals surface area contributed by atoms with E-state index in [-0.39, 0.29) is 0 Å². The van der Waals surface area contributed by atoms with Gasteiger partial charge in [0.1, 0.15) is 12.1 Å². The molecule has 0 saturated carbocycles. The number of hydrogen-bond acceptors (Lipinski definition) is 3. The van der Waals surface area contributed by atoms with Crippen molar-refractivity contribution >= 4 is 28.3 Å². The van der Waals surface area contributed by atoms with Gasteiger partial charge in [-0.3, -0.25) is 0 Å². The maximum Gasteiger partial charge on any atom is 0.139 e. The maximum absolute atomic E-state index is 5.96. The number of anilines is 1. The molecule has 2 aromatic rings. The summed E-state index contributed by atoms with van der Waals surface area (Å²) in [6.45, 7) is 3.19. The van der Waals surface area contributed by atoms with Crippen molar-refractivity contribution in [2.24, 2.45) is 0 Å². The van der Waals surface area contributed by atoms with Crippen molar-refractivity contribution < 1.29 is 0 Å². The quantitative estimate of drug-likeness (QED) is 0.830. The second-order valence-electron chi connectivity index (χ2n) is 4.13. The van der Waals surface area contributed by atoms with Gasteiger partial charge in [-0.15, -0.1) is 0 Å². The zero-order valence-corrected chi connectivity index (χ0v) is 10.9. The van der Waals surface area contributed by atoms with Crippen molar-refractivity contribution in [1.29, 1.82) is 0 Å².